The van der Waals surface area contributed by atoms with Crippen molar-refractivity contribution in [2.75, 3.05) is 27.4 Å². The third kappa shape index (κ3) is 4.10. The Morgan fingerprint density at radius 2 is 1.85 bits per heavy atom. The summed E-state index contributed by atoms with van der Waals surface area (Å²) in [6, 6.07) is 15.5. The number of rotatable bonds is 7. The molecule has 2 aromatic carbocycles. The summed E-state index contributed by atoms with van der Waals surface area (Å²) in [7, 11) is 3.25. The first kappa shape index (κ1) is 18.1. The molecule has 1 atom stereocenters. The van der Waals surface area contributed by atoms with Crippen LogP contribution in [0.2, 0.25) is 0 Å². The van der Waals surface area contributed by atoms with Crippen LogP contribution in [0.25, 0.3) is 0 Å². The Hall–Kier alpha value is -2.69. The molecular weight excluding hydrogens is 330 g/mol. The van der Waals surface area contributed by atoms with Gasteiger partial charge in [0, 0.05) is 6.54 Å². The van der Waals surface area contributed by atoms with Gasteiger partial charge in [-0.3, -0.25) is 4.79 Å². The van der Waals surface area contributed by atoms with Gasteiger partial charge in [-0.15, -0.1) is 0 Å². The highest BCUT2D eigenvalue weighted by Crippen LogP contribution is 2.37. The van der Waals surface area contributed by atoms with Crippen LogP contribution in [0.1, 0.15) is 30.9 Å². The first-order valence-corrected chi connectivity index (χ1v) is 8.92. The van der Waals surface area contributed by atoms with Crippen molar-refractivity contribution >= 4 is 5.91 Å². The second-order valence-corrected chi connectivity index (χ2v) is 6.27. The molecule has 0 radical (unpaired) electrons. The molecule has 138 valence electrons. The summed E-state index contributed by atoms with van der Waals surface area (Å²) in [5, 5.41) is 0. The summed E-state index contributed by atoms with van der Waals surface area (Å²) in [6.07, 6.45) is 2.34. The third-order valence-electron chi connectivity index (χ3n) is 4.69. The van der Waals surface area contributed by atoms with Crippen LogP contribution < -0.4 is 14.2 Å². The lowest BCUT2D eigenvalue weighted by Crippen LogP contribution is -2.31. The molecule has 5 nitrogen and oxygen atoms in total. The zero-order valence-corrected chi connectivity index (χ0v) is 15.3. The van der Waals surface area contributed by atoms with E-state index in [0.29, 0.717) is 24.5 Å². The van der Waals surface area contributed by atoms with Crippen molar-refractivity contribution in [3.8, 4) is 17.2 Å². The van der Waals surface area contributed by atoms with E-state index in [2.05, 4.69) is 0 Å². The number of methoxy groups -OCH3 is 2. The van der Waals surface area contributed by atoms with E-state index in [1.807, 2.05) is 53.4 Å². The molecule has 1 aliphatic rings. The normalized spacial score (nSPS) is 16.4. The number of benzene rings is 2. The molecule has 1 aliphatic heterocycles. The zero-order valence-electron chi connectivity index (χ0n) is 15.3. The molecule has 0 spiro atoms. The van der Waals surface area contributed by atoms with Crippen molar-refractivity contribution in [3.05, 3.63) is 54.1 Å². The molecule has 26 heavy (non-hydrogen) atoms. The highest BCUT2D eigenvalue weighted by molar-refractivity contribution is 5.77. The van der Waals surface area contributed by atoms with E-state index < -0.39 is 0 Å². The monoisotopic (exact) mass is 355 g/mol. The number of amides is 1. The number of carbonyl (C=O) groups is 1. The van der Waals surface area contributed by atoms with Gasteiger partial charge in [-0.05, 0) is 42.7 Å². The van der Waals surface area contributed by atoms with Crippen LogP contribution in [-0.2, 0) is 4.79 Å². The molecular formula is C21H25NO4. The number of para-hydroxylation sites is 1. The Labute approximate surface area is 154 Å². The molecule has 5 heteroatoms. The molecule has 3 rings (SSSR count). The van der Waals surface area contributed by atoms with Gasteiger partial charge in [0.05, 0.1) is 33.3 Å². The van der Waals surface area contributed by atoms with E-state index in [4.69, 9.17) is 14.2 Å². The van der Waals surface area contributed by atoms with Crippen LogP contribution in [0, 0.1) is 0 Å². The number of carbonyl (C=O) groups excluding carboxylic acids is 1. The Balaban J connectivity index is 1.63. The van der Waals surface area contributed by atoms with E-state index in [1.54, 1.807) is 14.2 Å². The Bertz CT molecular complexity index is 732. The van der Waals surface area contributed by atoms with E-state index in [-0.39, 0.29) is 11.9 Å². The Morgan fingerprint density at radius 1 is 1.08 bits per heavy atom. The number of hydrogen-bond donors (Lipinski definition) is 0. The van der Waals surface area contributed by atoms with Gasteiger partial charge in [-0.1, -0.05) is 24.3 Å². The average molecular weight is 355 g/mol. The maximum absolute atomic E-state index is 12.7. The smallest absolute Gasteiger partial charge is 0.226 e. The van der Waals surface area contributed by atoms with Crippen molar-refractivity contribution in [2.45, 2.75) is 25.3 Å². The van der Waals surface area contributed by atoms with Crippen LogP contribution >= 0.6 is 0 Å². The summed E-state index contributed by atoms with van der Waals surface area (Å²) < 4.78 is 16.4. The van der Waals surface area contributed by atoms with Gasteiger partial charge in [0.1, 0.15) is 5.75 Å². The lowest BCUT2D eigenvalue weighted by molar-refractivity contribution is -0.132. The number of nitrogens with zero attached hydrogens (tertiary/aromatic N) is 1. The van der Waals surface area contributed by atoms with Crippen LogP contribution in [0.15, 0.2) is 48.5 Å². The van der Waals surface area contributed by atoms with Crippen molar-refractivity contribution in [2.24, 2.45) is 0 Å². The molecule has 0 aromatic heterocycles. The maximum Gasteiger partial charge on any atom is 0.226 e. The first-order valence-electron chi connectivity index (χ1n) is 8.92. The molecule has 1 saturated heterocycles. The van der Waals surface area contributed by atoms with Gasteiger partial charge in [0.2, 0.25) is 5.91 Å². The van der Waals surface area contributed by atoms with Gasteiger partial charge < -0.3 is 19.1 Å². The largest absolute Gasteiger partial charge is 0.493 e. The highest BCUT2D eigenvalue weighted by atomic mass is 16.5. The van der Waals surface area contributed by atoms with Crippen LogP contribution in [0.5, 0.6) is 17.2 Å². The first-order chi connectivity index (χ1) is 12.7. The second kappa shape index (κ2) is 8.61. The molecule has 0 saturated carbocycles. The summed E-state index contributed by atoms with van der Waals surface area (Å²) in [4.78, 5) is 14.6. The fraction of sp³-hybridized carbons (Fsp3) is 0.381. The van der Waals surface area contributed by atoms with E-state index in [0.717, 1.165) is 30.7 Å². The Kier molecular flexibility index (Phi) is 6.00. The summed E-state index contributed by atoms with van der Waals surface area (Å²) in [5.74, 6) is 2.30. The van der Waals surface area contributed by atoms with Crippen LogP contribution in [0.4, 0.5) is 0 Å². The fourth-order valence-corrected chi connectivity index (χ4v) is 3.39. The Morgan fingerprint density at radius 3 is 2.58 bits per heavy atom. The maximum atomic E-state index is 12.7. The molecule has 0 bridgehead atoms. The molecule has 1 fully saturated rings. The zero-order chi connectivity index (χ0) is 18.4. The molecule has 1 amide bonds. The minimum Gasteiger partial charge on any atom is -0.493 e. The van der Waals surface area contributed by atoms with Crippen LogP contribution in [0.3, 0.4) is 0 Å². The van der Waals surface area contributed by atoms with Gasteiger partial charge in [-0.2, -0.15) is 0 Å². The fourth-order valence-electron chi connectivity index (χ4n) is 3.39. The van der Waals surface area contributed by atoms with Gasteiger partial charge in [-0.25, -0.2) is 0 Å². The molecule has 0 aliphatic carbocycles. The number of hydrogen-bond acceptors (Lipinski definition) is 4. The van der Waals surface area contributed by atoms with E-state index >= 15 is 0 Å². The minimum absolute atomic E-state index is 0.0824. The lowest BCUT2D eigenvalue weighted by atomic mass is 10.0. The predicted molar refractivity (Wildman–Crippen MR) is 99.8 cm³/mol. The summed E-state index contributed by atoms with van der Waals surface area (Å²) >= 11 is 0. The lowest BCUT2D eigenvalue weighted by Gasteiger charge is -2.26. The van der Waals surface area contributed by atoms with Crippen molar-refractivity contribution in [1.82, 2.24) is 4.90 Å². The predicted octanol–water partition coefficient (Wildman–Crippen LogP) is 3.84. The van der Waals surface area contributed by atoms with Crippen molar-refractivity contribution in [3.63, 3.8) is 0 Å². The second-order valence-electron chi connectivity index (χ2n) is 6.27. The van der Waals surface area contributed by atoms with Crippen LogP contribution in [-0.4, -0.2) is 38.2 Å². The number of ether oxygens (including phenoxy) is 3. The molecule has 2 aromatic rings. The highest BCUT2D eigenvalue weighted by Gasteiger charge is 2.30. The average Bonchev–Trinajstić information content (AvgIpc) is 3.18. The topological polar surface area (TPSA) is 48.0 Å². The van der Waals surface area contributed by atoms with Crippen molar-refractivity contribution < 1.29 is 19.0 Å². The molecule has 1 heterocycles. The van der Waals surface area contributed by atoms with E-state index in [9.17, 15) is 4.79 Å². The van der Waals surface area contributed by atoms with Gasteiger partial charge in [0.25, 0.3) is 0 Å². The van der Waals surface area contributed by atoms with Gasteiger partial charge in [0.15, 0.2) is 11.5 Å². The molecule has 0 N–H and O–H groups in total. The van der Waals surface area contributed by atoms with Crippen molar-refractivity contribution in [1.29, 1.82) is 0 Å². The quantitative estimate of drug-likeness (QED) is 0.757. The van der Waals surface area contributed by atoms with E-state index in [1.165, 1.54) is 0 Å². The summed E-state index contributed by atoms with van der Waals surface area (Å²) in [6.45, 7) is 1.17. The molecule has 0 unspecified atom stereocenters. The minimum atomic E-state index is 0.0824. The SMILES string of the molecule is COc1ccc([C@@H]2CCCN2C(=O)CCOc2ccccc2)cc1OC. The number of likely N-dealkylation sites (tertiary alicyclic amines) is 1. The third-order valence-corrected chi connectivity index (χ3v) is 4.69. The standard InChI is InChI=1S/C21H25NO4/c1-24-19-11-10-16(15-20(19)25-2)18-9-6-13-22(18)21(23)12-14-26-17-7-4-3-5-8-17/h3-5,7-8,10-11,15,18H,6,9,12-14H2,1-2H3/t18-/m0/s1. The summed E-state index contributed by atoms with van der Waals surface area (Å²) in [5.41, 5.74) is 1.08. The van der Waals surface area contributed by atoms with Gasteiger partial charge >= 0.3 is 0 Å².